The fraction of sp³-hybridized carbons (Fsp3) is 0.250. The number of rotatable bonds is 2. The number of hydrogen-bond acceptors (Lipinski definition) is 2. The second-order valence-electron chi connectivity index (χ2n) is 5.01. The molecule has 1 atom stereocenters. The van der Waals surface area contributed by atoms with Crippen LogP contribution in [-0.2, 0) is 13.1 Å². The molecule has 0 saturated heterocycles. The first kappa shape index (κ1) is 12.7. The summed E-state index contributed by atoms with van der Waals surface area (Å²) >= 11 is 3.54. The van der Waals surface area contributed by atoms with Crippen LogP contribution in [0.15, 0.2) is 46.9 Å². The number of hydrogen-bond donors (Lipinski definition) is 1. The van der Waals surface area contributed by atoms with Gasteiger partial charge in [-0.3, -0.25) is 0 Å². The summed E-state index contributed by atoms with van der Waals surface area (Å²) in [6.45, 7) is 3.69. The molecular formula is C16H16BrNO. The van der Waals surface area contributed by atoms with Gasteiger partial charge in [0.25, 0.3) is 0 Å². The minimum Gasteiger partial charge on any atom is -0.389 e. The van der Waals surface area contributed by atoms with Gasteiger partial charge in [0.05, 0.1) is 6.10 Å². The van der Waals surface area contributed by atoms with E-state index in [0.717, 1.165) is 23.1 Å². The van der Waals surface area contributed by atoms with Gasteiger partial charge in [-0.25, -0.2) is 0 Å². The van der Waals surface area contributed by atoms with Gasteiger partial charge in [0.2, 0.25) is 0 Å². The summed E-state index contributed by atoms with van der Waals surface area (Å²) in [5, 5.41) is 9.66. The van der Waals surface area contributed by atoms with Gasteiger partial charge in [0.1, 0.15) is 0 Å². The third-order valence-electron chi connectivity index (χ3n) is 3.64. The molecule has 1 aliphatic rings. The molecule has 0 fully saturated rings. The Bertz CT molecular complexity index is 584. The van der Waals surface area contributed by atoms with E-state index in [9.17, 15) is 5.11 Å². The minimum absolute atomic E-state index is 0.445. The summed E-state index contributed by atoms with van der Waals surface area (Å²) in [7, 11) is 0. The van der Waals surface area contributed by atoms with E-state index in [-0.39, 0.29) is 0 Å². The Morgan fingerprint density at radius 3 is 2.26 bits per heavy atom. The van der Waals surface area contributed by atoms with Crippen molar-refractivity contribution in [1.82, 2.24) is 0 Å². The predicted octanol–water partition coefficient (Wildman–Crippen LogP) is 4.02. The van der Waals surface area contributed by atoms with Crippen LogP contribution in [0.2, 0.25) is 0 Å². The molecule has 98 valence electrons. The van der Waals surface area contributed by atoms with Crippen LogP contribution < -0.4 is 4.90 Å². The molecule has 2 aromatic carbocycles. The van der Waals surface area contributed by atoms with Crippen LogP contribution in [0.5, 0.6) is 0 Å². The largest absolute Gasteiger partial charge is 0.389 e. The van der Waals surface area contributed by atoms with Gasteiger partial charge in [-0.15, -0.1) is 0 Å². The van der Waals surface area contributed by atoms with E-state index in [1.54, 1.807) is 6.92 Å². The van der Waals surface area contributed by atoms with Gasteiger partial charge in [-0.2, -0.15) is 0 Å². The van der Waals surface area contributed by atoms with Gasteiger partial charge >= 0.3 is 0 Å². The molecule has 0 radical (unpaired) electrons. The number of fused-ring (bicyclic) bond motifs is 1. The van der Waals surface area contributed by atoms with Crippen LogP contribution in [0.3, 0.4) is 0 Å². The number of nitrogens with zero attached hydrogens (tertiary/aromatic N) is 1. The molecule has 1 unspecified atom stereocenters. The predicted molar refractivity (Wildman–Crippen MR) is 81.1 cm³/mol. The van der Waals surface area contributed by atoms with Crippen LogP contribution in [0, 0.1) is 0 Å². The summed E-state index contributed by atoms with van der Waals surface area (Å²) in [5.74, 6) is 0. The van der Waals surface area contributed by atoms with E-state index in [4.69, 9.17) is 0 Å². The molecule has 0 saturated carbocycles. The van der Waals surface area contributed by atoms with E-state index in [2.05, 4.69) is 57.2 Å². The first-order valence-electron chi connectivity index (χ1n) is 6.44. The zero-order valence-corrected chi connectivity index (χ0v) is 12.4. The summed E-state index contributed by atoms with van der Waals surface area (Å²) in [6, 6.07) is 14.7. The lowest BCUT2D eigenvalue weighted by Gasteiger charge is -2.19. The van der Waals surface area contributed by atoms with Crippen LogP contribution >= 0.6 is 15.9 Å². The first-order valence-corrected chi connectivity index (χ1v) is 7.23. The number of benzene rings is 2. The molecule has 0 spiro atoms. The minimum atomic E-state index is -0.445. The Labute approximate surface area is 121 Å². The topological polar surface area (TPSA) is 23.5 Å². The number of anilines is 1. The lowest BCUT2D eigenvalue weighted by molar-refractivity contribution is 0.198. The molecule has 0 aromatic heterocycles. The maximum atomic E-state index is 9.66. The van der Waals surface area contributed by atoms with E-state index in [1.807, 2.05) is 6.07 Å². The Balaban J connectivity index is 1.88. The second-order valence-corrected chi connectivity index (χ2v) is 5.86. The Morgan fingerprint density at radius 1 is 1.11 bits per heavy atom. The molecular weight excluding hydrogens is 302 g/mol. The molecule has 0 bridgehead atoms. The molecule has 2 aromatic rings. The van der Waals surface area contributed by atoms with Crippen LogP contribution in [0.4, 0.5) is 5.69 Å². The smallest absolute Gasteiger partial charge is 0.0772 e. The van der Waals surface area contributed by atoms with Crippen LogP contribution in [0.25, 0.3) is 0 Å². The molecule has 3 rings (SSSR count). The average Bonchev–Trinajstić information content (AvgIpc) is 2.81. The molecule has 2 nitrogen and oxygen atoms in total. The first-order chi connectivity index (χ1) is 9.15. The van der Waals surface area contributed by atoms with Crippen molar-refractivity contribution >= 4 is 21.6 Å². The van der Waals surface area contributed by atoms with Crippen molar-refractivity contribution in [1.29, 1.82) is 0 Å². The Kier molecular flexibility index (Phi) is 3.33. The number of aliphatic hydroxyl groups excluding tert-OH is 1. The summed E-state index contributed by atoms with van der Waals surface area (Å²) in [5.41, 5.74) is 4.92. The molecule has 0 aliphatic carbocycles. The molecule has 1 heterocycles. The Morgan fingerprint density at radius 2 is 1.74 bits per heavy atom. The van der Waals surface area contributed by atoms with Crippen molar-refractivity contribution in [2.24, 2.45) is 0 Å². The zero-order chi connectivity index (χ0) is 13.4. The normalized spacial score (nSPS) is 15.4. The summed E-state index contributed by atoms with van der Waals surface area (Å²) in [4.78, 5) is 2.35. The SMILES string of the molecule is CC(O)c1ccc(N2Cc3ccccc3C2)cc1Br. The highest BCUT2D eigenvalue weighted by Gasteiger charge is 2.19. The van der Waals surface area contributed by atoms with Gasteiger partial charge < -0.3 is 10.0 Å². The van der Waals surface area contributed by atoms with Crippen molar-refractivity contribution in [3.8, 4) is 0 Å². The number of halogens is 1. The lowest BCUT2D eigenvalue weighted by atomic mass is 10.1. The Hall–Kier alpha value is -1.32. The monoisotopic (exact) mass is 317 g/mol. The lowest BCUT2D eigenvalue weighted by Crippen LogP contribution is -2.14. The summed E-state index contributed by atoms with van der Waals surface area (Å²) in [6.07, 6.45) is -0.445. The standard InChI is InChI=1S/C16H16BrNO/c1-11(19)15-7-6-14(8-16(15)17)18-9-12-4-2-3-5-13(12)10-18/h2-8,11,19H,9-10H2,1H3. The van der Waals surface area contributed by atoms with Crippen LogP contribution in [0.1, 0.15) is 29.7 Å². The van der Waals surface area contributed by atoms with E-state index in [0.29, 0.717) is 0 Å². The maximum absolute atomic E-state index is 9.66. The van der Waals surface area contributed by atoms with E-state index >= 15 is 0 Å². The quantitative estimate of drug-likeness (QED) is 0.904. The van der Waals surface area contributed by atoms with Crippen molar-refractivity contribution in [3.05, 3.63) is 63.6 Å². The molecule has 1 aliphatic heterocycles. The zero-order valence-electron chi connectivity index (χ0n) is 10.8. The highest BCUT2D eigenvalue weighted by atomic mass is 79.9. The fourth-order valence-corrected chi connectivity index (χ4v) is 3.27. The van der Waals surface area contributed by atoms with Crippen molar-refractivity contribution in [3.63, 3.8) is 0 Å². The molecule has 1 N–H and O–H groups in total. The molecule has 0 amide bonds. The third-order valence-corrected chi connectivity index (χ3v) is 4.33. The average molecular weight is 318 g/mol. The van der Waals surface area contributed by atoms with Gasteiger partial charge in [0, 0.05) is 23.2 Å². The van der Waals surface area contributed by atoms with Gasteiger partial charge in [0.15, 0.2) is 0 Å². The third kappa shape index (κ3) is 2.40. The van der Waals surface area contributed by atoms with Gasteiger partial charge in [-0.05, 0) is 35.7 Å². The molecule has 19 heavy (non-hydrogen) atoms. The van der Waals surface area contributed by atoms with Gasteiger partial charge in [-0.1, -0.05) is 46.3 Å². The highest BCUT2D eigenvalue weighted by Crippen LogP contribution is 2.32. The van der Waals surface area contributed by atoms with Crippen molar-refractivity contribution in [2.45, 2.75) is 26.1 Å². The number of aliphatic hydroxyl groups is 1. The van der Waals surface area contributed by atoms with Crippen molar-refractivity contribution in [2.75, 3.05) is 4.90 Å². The van der Waals surface area contributed by atoms with Crippen molar-refractivity contribution < 1.29 is 5.11 Å². The highest BCUT2D eigenvalue weighted by molar-refractivity contribution is 9.10. The van der Waals surface area contributed by atoms with Crippen LogP contribution in [-0.4, -0.2) is 5.11 Å². The fourth-order valence-electron chi connectivity index (χ4n) is 2.57. The second kappa shape index (κ2) is 4.99. The molecule has 3 heteroatoms. The van der Waals surface area contributed by atoms with E-state index < -0.39 is 6.10 Å². The maximum Gasteiger partial charge on any atom is 0.0772 e. The summed E-state index contributed by atoms with van der Waals surface area (Å²) < 4.78 is 0.968. The van der Waals surface area contributed by atoms with E-state index in [1.165, 1.54) is 16.8 Å².